The third-order valence-electron chi connectivity index (χ3n) is 5.65. The topological polar surface area (TPSA) is 60.2 Å². The number of aromatic nitrogens is 3. The summed E-state index contributed by atoms with van der Waals surface area (Å²) < 4.78 is 7.18. The molecule has 0 fully saturated rings. The highest BCUT2D eigenvalue weighted by atomic mass is 16.5. The molecule has 6 heteroatoms. The van der Waals surface area contributed by atoms with Gasteiger partial charge in [-0.15, -0.1) is 0 Å². The first kappa shape index (κ1) is 20.1. The van der Waals surface area contributed by atoms with E-state index in [1.807, 2.05) is 42.5 Å². The molecule has 3 aromatic rings. The second kappa shape index (κ2) is 7.59. The van der Waals surface area contributed by atoms with Gasteiger partial charge in [-0.1, -0.05) is 62.7 Å². The minimum absolute atomic E-state index is 0.0243. The highest BCUT2D eigenvalue weighted by molar-refractivity contribution is 5.96. The Morgan fingerprint density at radius 1 is 1.00 bits per heavy atom. The zero-order valence-corrected chi connectivity index (χ0v) is 18.2. The number of ether oxygens (including phenoxy) is 1. The summed E-state index contributed by atoms with van der Waals surface area (Å²) in [4.78, 5) is 19.8. The zero-order chi connectivity index (χ0) is 21.5. The molecule has 0 bridgehead atoms. The summed E-state index contributed by atoms with van der Waals surface area (Å²) in [6.07, 6.45) is 2.25. The summed E-state index contributed by atoms with van der Waals surface area (Å²) in [5, 5.41) is 4.49. The van der Waals surface area contributed by atoms with E-state index in [9.17, 15) is 4.79 Å². The molecule has 30 heavy (non-hydrogen) atoms. The molecule has 1 aromatic heterocycles. The third-order valence-corrected chi connectivity index (χ3v) is 5.65. The molecule has 6 nitrogen and oxygen atoms in total. The van der Waals surface area contributed by atoms with Crippen molar-refractivity contribution in [2.75, 3.05) is 12.0 Å². The number of nitrogens with zero attached hydrogens (tertiary/aromatic N) is 4. The van der Waals surface area contributed by atoms with E-state index < -0.39 is 5.41 Å². The Labute approximate surface area is 177 Å². The molecule has 1 aliphatic heterocycles. The number of methoxy groups -OCH3 is 1. The number of anilines is 1. The van der Waals surface area contributed by atoms with Crippen LogP contribution in [-0.2, 0) is 4.79 Å². The fourth-order valence-electron chi connectivity index (χ4n) is 3.96. The molecule has 0 spiro atoms. The lowest BCUT2D eigenvalue weighted by Crippen LogP contribution is -2.47. The predicted molar refractivity (Wildman–Crippen MR) is 117 cm³/mol. The molecule has 1 amide bonds. The van der Waals surface area contributed by atoms with Crippen LogP contribution in [0.4, 0.5) is 5.95 Å². The second-order valence-corrected chi connectivity index (χ2v) is 8.88. The van der Waals surface area contributed by atoms with Crippen LogP contribution >= 0.6 is 0 Å². The molecule has 0 saturated carbocycles. The maximum Gasteiger partial charge on any atom is 0.235 e. The number of rotatable bonds is 3. The minimum atomic E-state index is -0.535. The van der Waals surface area contributed by atoms with Gasteiger partial charge in [-0.25, -0.2) is 4.68 Å². The smallest absolute Gasteiger partial charge is 0.235 e. The van der Waals surface area contributed by atoms with Gasteiger partial charge in [-0.3, -0.25) is 9.69 Å². The van der Waals surface area contributed by atoms with Gasteiger partial charge < -0.3 is 4.74 Å². The quantitative estimate of drug-likeness (QED) is 0.634. The van der Waals surface area contributed by atoms with Crippen molar-refractivity contribution in [3.05, 3.63) is 71.5 Å². The van der Waals surface area contributed by atoms with Gasteiger partial charge in [0.1, 0.15) is 12.1 Å². The van der Waals surface area contributed by atoms with Crippen molar-refractivity contribution in [3.8, 4) is 5.75 Å². The molecule has 2 atom stereocenters. The van der Waals surface area contributed by atoms with Crippen LogP contribution in [0.15, 0.2) is 54.9 Å². The van der Waals surface area contributed by atoms with Crippen molar-refractivity contribution >= 4 is 11.9 Å². The molecule has 2 heterocycles. The van der Waals surface area contributed by atoms with Gasteiger partial charge in [0.05, 0.1) is 19.2 Å². The van der Waals surface area contributed by atoms with Crippen LogP contribution < -0.4 is 9.64 Å². The average Bonchev–Trinajstić information content (AvgIpc) is 3.22. The van der Waals surface area contributed by atoms with Crippen LogP contribution in [-0.4, -0.2) is 27.8 Å². The molecule has 0 unspecified atom stereocenters. The van der Waals surface area contributed by atoms with Gasteiger partial charge in [0, 0.05) is 5.41 Å². The largest absolute Gasteiger partial charge is 0.497 e. The summed E-state index contributed by atoms with van der Waals surface area (Å²) in [6, 6.07) is 16.3. The number of carbonyl (C=O) groups excluding carboxylic acids is 1. The van der Waals surface area contributed by atoms with Crippen molar-refractivity contribution in [1.82, 2.24) is 14.8 Å². The van der Waals surface area contributed by atoms with Gasteiger partial charge in [0.25, 0.3) is 0 Å². The van der Waals surface area contributed by atoms with E-state index in [0.29, 0.717) is 12.4 Å². The SMILES string of the molecule is COc1ccc([C@H]2C[C@@H](c3ccc(C)cc3)N(C(=O)C(C)(C)C)c3ncnn32)cc1. The Kier molecular flexibility index (Phi) is 5.10. The van der Waals surface area contributed by atoms with Crippen molar-refractivity contribution in [2.45, 2.75) is 46.2 Å². The lowest BCUT2D eigenvalue weighted by Gasteiger charge is -2.41. The van der Waals surface area contributed by atoms with Gasteiger partial charge in [-0.05, 0) is 36.6 Å². The van der Waals surface area contributed by atoms with E-state index in [1.54, 1.807) is 7.11 Å². The normalized spacial score (nSPS) is 18.8. The molecule has 0 radical (unpaired) electrons. The van der Waals surface area contributed by atoms with Crippen molar-refractivity contribution in [3.63, 3.8) is 0 Å². The Hall–Kier alpha value is -3.15. The van der Waals surface area contributed by atoms with E-state index >= 15 is 0 Å². The molecule has 0 N–H and O–H groups in total. The Balaban J connectivity index is 1.83. The molecule has 0 aliphatic carbocycles. The number of fused-ring (bicyclic) bond motifs is 1. The van der Waals surface area contributed by atoms with Crippen LogP contribution in [0.25, 0.3) is 0 Å². The standard InChI is InChI=1S/C24H28N4O2/c1-16-6-8-17(9-7-16)20-14-21(18-10-12-19(30-5)13-11-18)28-23(25-15-26-28)27(20)22(29)24(2,3)4/h6-13,15,20-21H,14H2,1-5H3/t20-,21+/m0/s1. The Bertz CT molecular complexity index is 1030. The number of aryl methyl sites for hydroxylation is 1. The van der Waals surface area contributed by atoms with Gasteiger partial charge in [0.15, 0.2) is 0 Å². The lowest BCUT2D eigenvalue weighted by atomic mass is 9.88. The molecule has 1 aliphatic rings. The molecule has 2 aromatic carbocycles. The zero-order valence-electron chi connectivity index (χ0n) is 18.2. The third kappa shape index (κ3) is 3.58. The summed E-state index contributed by atoms with van der Waals surface area (Å²) in [6.45, 7) is 7.90. The van der Waals surface area contributed by atoms with E-state index in [-0.39, 0.29) is 18.0 Å². The number of hydrogen-bond acceptors (Lipinski definition) is 4. The summed E-state index contributed by atoms with van der Waals surface area (Å²) in [5.41, 5.74) is 2.87. The van der Waals surface area contributed by atoms with Gasteiger partial charge in [-0.2, -0.15) is 10.1 Å². The van der Waals surface area contributed by atoms with Gasteiger partial charge >= 0.3 is 0 Å². The highest BCUT2D eigenvalue weighted by Gasteiger charge is 2.42. The fraction of sp³-hybridized carbons (Fsp3) is 0.375. The van der Waals surface area contributed by atoms with Crippen LogP contribution in [0.3, 0.4) is 0 Å². The van der Waals surface area contributed by atoms with Crippen LogP contribution in [0.5, 0.6) is 5.75 Å². The van der Waals surface area contributed by atoms with Crippen LogP contribution in [0, 0.1) is 12.3 Å². The first-order valence-electron chi connectivity index (χ1n) is 10.2. The predicted octanol–water partition coefficient (Wildman–Crippen LogP) is 4.71. The first-order chi connectivity index (χ1) is 14.3. The molecule has 4 rings (SSSR count). The highest BCUT2D eigenvalue weighted by Crippen LogP contribution is 2.43. The lowest BCUT2D eigenvalue weighted by molar-refractivity contribution is -0.126. The monoisotopic (exact) mass is 404 g/mol. The first-order valence-corrected chi connectivity index (χ1v) is 10.2. The molecular weight excluding hydrogens is 376 g/mol. The van der Waals surface area contributed by atoms with Crippen molar-refractivity contribution < 1.29 is 9.53 Å². The average molecular weight is 405 g/mol. The van der Waals surface area contributed by atoms with Crippen molar-refractivity contribution in [1.29, 1.82) is 0 Å². The molecule has 156 valence electrons. The molecule has 0 saturated heterocycles. The van der Waals surface area contributed by atoms with Crippen LogP contribution in [0.1, 0.15) is 56.0 Å². The van der Waals surface area contributed by atoms with Crippen LogP contribution in [0.2, 0.25) is 0 Å². The van der Waals surface area contributed by atoms with E-state index in [2.05, 4.69) is 53.4 Å². The number of hydrogen-bond donors (Lipinski definition) is 0. The Morgan fingerprint density at radius 3 is 2.20 bits per heavy atom. The summed E-state index contributed by atoms with van der Waals surface area (Å²) >= 11 is 0. The minimum Gasteiger partial charge on any atom is -0.497 e. The number of amides is 1. The number of benzene rings is 2. The van der Waals surface area contributed by atoms with Gasteiger partial charge in [0.2, 0.25) is 11.9 Å². The fourth-order valence-corrected chi connectivity index (χ4v) is 3.96. The second-order valence-electron chi connectivity index (χ2n) is 8.88. The summed E-state index contributed by atoms with van der Waals surface area (Å²) in [5.74, 6) is 1.44. The van der Waals surface area contributed by atoms with Crippen molar-refractivity contribution in [2.24, 2.45) is 5.41 Å². The number of carbonyl (C=O) groups is 1. The maximum atomic E-state index is 13.5. The Morgan fingerprint density at radius 2 is 1.60 bits per heavy atom. The molecular formula is C24H28N4O2. The maximum absolute atomic E-state index is 13.5. The van der Waals surface area contributed by atoms with E-state index in [0.717, 1.165) is 16.9 Å². The van der Waals surface area contributed by atoms with E-state index in [1.165, 1.54) is 11.9 Å². The van der Waals surface area contributed by atoms with E-state index in [4.69, 9.17) is 4.74 Å². The summed E-state index contributed by atoms with van der Waals surface area (Å²) in [7, 11) is 1.66.